The van der Waals surface area contributed by atoms with Gasteiger partial charge in [-0.05, 0) is 64.4 Å². The molecule has 0 aliphatic rings. The van der Waals surface area contributed by atoms with Crippen molar-refractivity contribution < 1.29 is 4.42 Å². The monoisotopic (exact) mass is 547 g/mol. The predicted octanol–water partition coefficient (Wildman–Crippen LogP) is 10.2. The van der Waals surface area contributed by atoms with E-state index in [4.69, 9.17) is 9.40 Å². The second-order valence-electron chi connectivity index (χ2n) is 13.2. The molecule has 42 heavy (non-hydrogen) atoms. The molecule has 0 spiro atoms. The quantitative estimate of drug-likeness (QED) is 0.216. The van der Waals surface area contributed by atoms with Crippen LogP contribution in [0.2, 0.25) is 0 Å². The molecular formula is C38H33N3O. The van der Waals surface area contributed by atoms with Crippen LogP contribution in [-0.2, 0) is 10.8 Å². The third kappa shape index (κ3) is 3.84. The van der Waals surface area contributed by atoms with E-state index >= 15 is 0 Å². The molecule has 0 aliphatic carbocycles. The topological polar surface area (TPSA) is 54.8 Å². The van der Waals surface area contributed by atoms with E-state index in [1.54, 1.807) is 0 Å². The summed E-state index contributed by atoms with van der Waals surface area (Å²) < 4.78 is 9.18. The van der Waals surface area contributed by atoms with Gasteiger partial charge in [0.15, 0.2) is 5.58 Å². The van der Waals surface area contributed by atoms with Gasteiger partial charge in [0, 0.05) is 33.3 Å². The van der Waals surface area contributed by atoms with Crippen molar-refractivity contribution in [2.75, 3.05) is 0 Å². The number of benzene rings is 4. The molecule has 0 saturated heterocycles. The number of fused-ring (bicyclic) bond motifs is 6. The molecule has 0 N–H and O–H groups in total. The van der Waals surface area contributed by atoms with Gasteiger partial charge in [-0.2, -0.15) is 5.26 Å². The number of rotatable bonds is 2. The molecule has 0 aliphatic heterocycles. The Morgan fingerprint density at radius 1 is 0.714 bits per heavy atom. The summed E-state index contributed by atoms with van der Waals surface area (Å²) in [6, 6.07) is 31.8. The van der Waals surface area contributed by atoms with Gasteiger partial charge in [0.2, 0.25) is 0 Å². The average Bonchev–Trinajstić information content (AvgIpc) is 3.52. The van der Waals surface area contributed by atoms with Crippen LogP contribution in [0.3, 0.4) is 0 Å². The van der Waals surface area contributed by atoms with Gasteiger partial charge < -0.3 is 8.98 Å². The summed E-state index contributed by atoms with van der Waals surface area (Å²) in [5.74, 6) is 0. The Balaban J connectivity index is 1.66. The molecule has 206 valence electrons. The molecule has 0 bridgehead atoms. The number of hydrogen-bond acceptors (Lipinski definition) is 3. The van der Waals surface area contributed by atoms with E-state index in [0.717, 1.165) is 55.1 Å². The highest BCUT2D eigenvalue weighted by Gasteiger charge is 2.27. The van der Waals surface area contributed by atoms with Gasteiger partial charge >= 0.3 is 0 Å². The van der Waals surface area contributed by atoms with Crippen molar-refractivity contribution in [2.45, 2.75) is 52.4 Å². The Labute approximate surface area is 245 Å². The minimum absolute atomic E-state index is 0.0125. The first-order valence-electron chi connectivity index (χ1n) is 14.5. The maximum absolute atomic E-state index is 10.4. The summed E-state index contributed by atoms with van der Waals surface area (Å²) in [7, 11) is 0. The molecule has 4 nitrogen and oxygen atoms in total. The molecular weight excluding hydrogens is 514 g/mol. The van der Waals surface area contributed by atoms with Crippen molar-refractivity contribution in [3.63, 3.8) is 0 Å². The Morgan fingerprint density at radius 2 is 1.38 bits per heavy atom. The number of pyridine rings is 1. The van der Waals surface area contributed by atoms with Crippen LogP contribution in [-0.4, -0.2) is 9.55 Å². The zero-order chi connectivity index (χ0) is 29.4. The van der Waals surface area contributed by atoms with E-state index < -0.39 is 0 Å². The lowest BCUT2D eigenvalue weighted by Crippen LogP contribution is -2.12. The van der Waals surface area contributed by atoms with Gasteiger partial charge in [-0.25, -0.2) is 0 Å². The maximum atomic E-state index is 10.4. The SMILES string of the molecule is CC(C)(C)c1ccnc(-c2ccc(C(C)(C)C)c3c2oc2c(-n4c5ccccc5c5ccccc54)c(C#N)ccc23)c1. The van der Waals surface area contributed by atoms with Crippen LogP contribution in [0.15, 0.2) is 95.5 Å². The zero-order valence-corrected chi connectivity index (χ0v) is 24.9. The molecule has 7 aromatic rings. The van der Waals surface area contributed by atoms with E-state index in [9.17, 15) is 5.26 Å². The fourth-order valence-corrected chi connectivity index (χ4v) is 6.28. The standard InChI is InChI=1S/C38H33N3O/c1-37(2,3)24-19-20-40-30(21-24)27-17-18-29(38(4,5)6)33-28-16-15-23(22-39)34(36(28)42-35(27)33)41-31-13-9-7-11-25(31)26-12-8-10-14-32(26)41/h7-21H,1-6H3. The van der Waals surface area contributed by atoms with Crippen LogP contribution in [0.4, 0.5) is 0 Å². The Hall–Kier alpha value is -4.88. The van der Waals surface area contributed by atoms with Crippen LogP contribution in [0.1, 0.15) is 58.2 Å². The van der Waals surface area contributed by atoms with E-state index in [0.29, 0.717) is 11.1 Å². The molecule has 7 rings (SSSR count). The van der Waals surface area contributed by atoms with Crippen LogP contribution >= 0.6 is 0 Å². The summed E-state index contributed by atoms with van der Waals surface area (Å²) >= 11 is 0. The van der Waals surface area contributed by atoms with E-state index in [2.05, 4.69) is 119 Å². The lowest BCUT2D eigenvalue weighted by molar-refractivity contribution is 0.589. The molecule has 0 saturated carbocycles. The molecule has 0 atom stereocenters. The zero-order valence-electron chi connectivity index (χ0n) is 24.9. The first kappa shape index (κ1) is 26.0. The van der Waals surface area contributed by atoms with Crippen molar-refractivity contribution in [3.05, 3.63) is 108 Å². The number of nitriles is 1. The van der Waals surface area contributed by atoms with Crippen LogP contribution in [0.25, 0.3) is 60.7 Å². The van der Waals surface area contributed by atoms with Crippen molar-refractivity contribution in [1.29, 1.82) is 5.26 Å². The summed E-state index contributed by atoms with van der Waals surface area (Å²) in [6.07, 6.45) is 1.89. The molecule has 4 heteroatoms. The van der Waals surface area contributed by atoms with Crippen LogP contribution in [0, 0.1) is 11.3 Å². The lowest BCUT2D eigenvalue weighted by Gasteiger charge is -2.22. The first-order valence-corrected chi connectivity index (χ1v) is 14.5. The van der Waals surface area contributed by atoms with E-state index in [1.807, 2.05) is 24.4 Å². The lowest BCUT2D eigenvalue weighted by atomic mass is 9.82. The summed E-state index contributed by atoms with van der Waals surface area (Å²) in [6.45, 7) is 13.3. The second-order valence-corrected chi connectivity index (χ2v) is 13.2. The molecule has 0 radical (unpaired) electrons. The number of para-hydroxylation sites is 2. The maximum Gasteiger partial charge on any atom is 0.160 e. The summed E-state index contributed by atoms with van der Waals surface area (Å²) in [4.78, 5) is 4.81. The fraction of sp³-hybridized carbons (Fsp3) is 0.211. The first-order chi connectivity index (χ1) is 20.1. The van der Waals surface area contributed by atoms with Gasteiger partial charge in [0.1, 0.15) is 17.3 Å². The number of furan rings is 1. The van der Waals surface area contributed by atoms with Crippen molar-refractivity contribution in [2.24, 2.45) is 0 Å². The van der Waals surface area contributed by atoms with E-state index in [-0.39, 0.29) is 10.8 Å². The highest BCUT2D eigenvalue weighted by molar-refractivity contribution is 6.16. The van der Waals surface area contributed by atoms with Gasteiger partial charge in [0.25, 0.3) is 0 Å². The molecule has 0 unspecified atom stereocenters. The van der Waals surface area contributed by atoms with Crippen molar-refractivity contribution in [3.8, 4) is 23.0 Å². The predicted molar refractivity (Wildman–Crippen MR) is 173 cm³/mol. The van der Waals surface area contributed by atoms with Crippen LogP contribution < -0.4 is 0 Å². The van der Waals surface area contributed by atoms with Crippen LogP contribution in [0.5, 0.6) is 0 Å². The normalized spacial score (nSPS) is 12.5. The average molecular weight is 548 g/mol. The van der Waals surface area contributed by atoms with Gasteiger partial charge in [0.05, 0.1) is 22.3 Å². The van der Waals surface area contributed by atoms with Gasteiger partial charge in [-0.3, -0.25) is 4.98 Å². The molecule has 4 aromatic carbocycles. The summed E-state index contributed by atoms with van der Waals surface area (Å²) in [5, 5.41) is 14.8. The molecule has 0 amide bonds. The third-order valence-corrected chi connectivity index (χ3v) is 8.40. The van der Waals surface area contributed by atoms with E-state index in [1.165, 1.54) is 11.1 Å². The van der Waals surface area contributed by atoms with Gasteiger partial charge in [-0.1, -0.05) is 84.0 Å². The second kappa shape index (κ2) is 9.06. The minimum Gasteiger partial charge on any atom is -0.453 e. The molecule has 0 fully saturated rings. The largest absolute Gasteiger partial charge is 0.453 e. The van der Waals surface area contributed by atoms with Crippen molar-refractivity contribution >= 4 is 43.7 Å². The van der Waals surface area contributed by atoms with Gasteiger partial charge in [-0.15, -0.1) is 0 Å². The Bertz CT molecular complexity index is 2170. The summed E-state index contributed by atoms with van der Waals surface area (Å²) in [5.41, 5.74) is 9.03. The third-order valence-electron chi connectivity index (χ3n) is 8.40. The smallest absolute Gasteiger partial charge is 0.160 e. The number of hydrogen-bond donors (Lipinski definition) is 0. The Kier molecular flexibility index (Phi) is 5.62. The molecule has 3 heterocycles. The minimum atomic E-state index is -0.130. The molecule has 3 aromatic heterocycles. The number of nitrogens with zero attached hydrogens (tertiary/aromatic N) is 3. The highest BCUT2D eigenvalue weighted by atomic mass is 16.3. The fourth-order valence-electron chi connectivity index (χ4n) is 6.28. The Morgan fingerprint density at radius 3 is 2.00 bits per heavy atom. The number of aromatic nitrogens is 2. The van der Waals surface area contributed by atoms with Crippen molar-refractivity contribution in [1.82, 2.24) is 9.55 Å². The highest BCUT2D eigenvalue weighted by Crippen LogP contribution is 2.45.